The van der Waals surface area contributed by atoms with Crippen molar-refractivity contribution in [3.05, 3.63) is 99.4 Å². The lowest BCUT2D eigenvalue weighted by Gasteiger charge is -2.43. The van der Waals surface area contributed by atoms with E-state index in [4.69, 9.17) is 0 Å². The molecule has 40 heavy (non-hydrogen) atoms. The van der Waals surface area contributed by atoms with Crippen LogP contribution in [0, 0.1) is 12.8 Å². The summed E-state index contributed by atoms with van der Waals surface area (Å²) in [5, 5.41) is 13.8. The number of aryl methyl sites for hydroxylation is 1. The molecule has 208 valence electrons. The van der Waals surface area contributed by atoms with Crippen molar-refractivity contribution in [2.24, 2.45) is 5.92 Å². The Bertz CT molecular complexity index is 1540. The molecule has 2 fully saturated rings. The summed E-state index contributed by atoms with van der Waals surface area (Å²) in [6, 6.07) is 20.7. The van der Waals surface area contributed by atoms with Crippen LogP contribution in [0.3, 0.4) is 0 Å². The maximum Gasteiger partial charge on any atom is 0.262 e. The van der Waals surface area contributed by atoms with Gasteiger partial charge in [-0.3, -0.25) is 19.1 Å². The Labute approximate surface area is 238 Å². The van der Waals surface area contributed by atoms with Crippen LogP contribution in [0.15, 0.2) is 77.2 Å². The molecule has 4 aromatic rings. The maximum atomic E-state index is 14.0. The van der Waals surface area contributed by atoms with Gasteiger partial charge in [-0.15, -0.1) is 11.3 Å². The Kier molecular flexibility index (Phi) is 7.57. The lowest BCUT2D eigenvalue weighted by molar-refractivity contribution is -0.142. The highest BCUT2D eigenvalue weighted by Crippen LogP contribution is 2.36. The van der Waals surface area contributed by atoms with Gasteiger partial charge in [-0.2, -0.15) is 0 Å². The molecule has 0 saturated carbocycles. The van der Waals surface area contributed by atoms with E-state index in [0.29, 0.717) is 36.1 Å². The molecular weight excluding hydrogens is 520 g/mol. The van der Waals surface area contributed by atoms with E-state index in [1.807, 2.05) is 16.3 Å². The van der Waals surface area contributed by atoms with Crippen LogP contribution < -0.4 is 5.56 Å². The number of rotatable bonds is 6. The number of aromatic nitrogens is 2. The van der Waals surface area contributed by atoms with Crippen molar-refractivity contribution >= 4 is 27.5 Å². The number of aliphatic hydroxyl groups is 1. The first-order valence-corrected chi connectivity index (χ1v) is 15.0. The Hall–Kier alpha value is -3.33. The minimum atomic E-state index is -1.04. The van der Waals surface area contributed by atoms with E-state index < -0.39 is 5.60 Å². The molecule has 0 aliphatic carbocycles. The first kappa shape index (κ1) is 26.9. The number of nitrogens with zero attached hydrogens (tertiary/aromatic N) is 4. The smallest absolute Gasteiger partial charge is 0.262 e. The van der Waals surface area contributed by atoms with E-state index in [-0.39, 0.29) is 29.8 Å². The SMILES string of the molecule is Cc1ccccc1CN1CC[C@@H](C(=O)N2CCC(O)(Cn3cnc4sccc4c3=O)CC2)[C@H](c2ccccc2)C1. The number of benzene rings is 2. The van der Waals surface area contributed by atoms with Gasteiger partial charge in [0, 0.05) is 38.0 Å². The molecule has 2 aromatic heterocycles. The van der Waals surface area contributed by atoms with E-state index in [9.17, 15) is 14.7 Å². The number of fused-ring (bicyclic) bond motifs is 1. The van der Waals surface area contributed by atoms with Crippen LogP contribution in [0.1, 0.15) is 41.9 Å². The first-order chi connectivity index (χ1) is 19.4. The number of hydrogen-bond donors (Lipinski definition) is 1. The summed E-state index contributed by atoms with van der Waals surface area (Å²) in [4.78, 5) is 36.3. The molecule has 0 spiro atoms. The number of thiophene rings is 1. The third-order valence-corrected chi connectivity index (χ3v) is 9.64. The molecule has 2 aliphatic heterocycles. The van der Waals surface area contributed by atoms with Crippen molar-refractivity contribution in [1.29, 1.82) is 0 Å². The number of amides is 1. The molecule has 2 aliphatic rings. The molecule has 8 heteroatoms. The van der Waals surface area contributed by atoms with E-state index in [1.54, 1.807) is 6.07 Å². The Morgan fingerprint density at radius 1 is 1.05 bits per heavy atom. The van der Waals surface area contributed by atoms with Gasteiger partial charge < -0.3 is 10.0 Å². The average Bonchev–Trinajstić information content (AvgIpc) is 3.46. The van der Waals surface area contributed by atoms with Crippen LogP contribution in [0.2, 0.25) is 0 Å². The van der Waals surface area contributed by atoms with Gasteiger partial charge >= 0.3 is 0 Å². The van der Waals surface area contributed by atoms with Crippen LogP contribution in [0.4, 0.5) is 0 Å². The monoisotopic (exact) mass is 556 g/mol. The largest absolute Gasteiger partial charge is 0.388 e. The highest BCUT2D eigenvalue weighted by molar-refractivity contribution is 7.16. The van der Waals surface area contributed by atoms with Crippen molar-refractivity contribution in [2.45, 2.75) is 50.8 Å². The van der Waals surface area contributed by atoms with Crippen molar-refractivity contribution in [1.82, 2.24) is 19.4 Å². The normalized spacial score (nSPS) is 21.5. The van der Waals surface area contributed by atoms with E-state index in [0.717, 1.165) is 26.1 Å². The van der Waals surface area contributed by atoms with Crippen LogP contribution >= 0.6 is 11.3 Å². The van der Waals surface area contributed by atoms with Crippen molar-refractivity contribution in [3.63, 3.8) is 0 Å². The Morgan fingerprint density at radius 3 is 2.58 bits per heavy atom. The van der Waals surface area contributed by atoms with Crippen LogP contribution in [0.25, 0.3) is 10.2 Å². The fourth-order valence-electron chi connectivity index (χ4n) is 6.38. The van der Waals surface area contributed by atoms with Gasteiger partial charge in [0.2, 0.25) is 5.91 Å². The molecule has 1 amide bonds. The number of likely N-dealkylation sites (tertiary alicyclic amines) is 2. The van der Waals surface area contributed by atoms with Gasteiger partial charge in [-0.25, -0.2) is 4.98 Å². The molecule has 0 radical (unpaired) electrons. The third kappa shape index (κ3) is 5.48. The highest BCUT2D eigenvalue weighted by atomic mass is 32.1. The van der Waals surface area contributed by atoms with Crippen LogP contribution in [0.5, 0.6) is 0 Å². The highest BCUT2D eigenvalue weighted by Gasteiger charge is 2.40. The summed E-state index contributed by atoms with van der Waals surface area (Å²) in [6.07, 6.45) is 3.22. The van der Waals surface area contributed by atoms with Crippen molar-refractivity contribution in [3.8, 4) is 0 Å². The van der Waals surface area contributed by atoms with Gasteiger partial charge in [0.1, 0.15) is 4.83 Å². The molecule has 7 nitrogen and oxygen atoms in total. The maximum absolute atomic E-state index is 14.0. The topological polar surface area (TPSA) is 78.7 Å². The second-order valence-corrected chi connectivity index (χ2v) is 12.3. The molecule has 0 unspecified atom stereocenters. The van der Waals surface area contributed by atoms with E-state index >= 15 is 0 Å². The van der Waals surface area contributed by atoms with Gasteiger partial charge in [-0.05, 0) is 60.9 Å². The fourth-order valence-corrected chi connectivity index (χ4v) is 7.11. The van der Waals surface area contributed by atoms with Crippen molar-refractivity contribution in [2.75, 3.05) is 26.2 Å². The van der Waals surface area contributed by atoms with Crippen LogP contribution in [-0.4, -0.2) is 62.1 Å². The number of piperidine rings is 2. The zero-order valence-electron chi connectivity index (χ0n) is 22.9. The summed E-state index contributed by atoms with van der Waals surface area (Å²) >= 11 is 1.44. The summed E-state index contributed by atoms with van der Waals surface area (Å²) in [5.41, 5.74) is 2.68. The summed E-state index contributed by atoms with van der Waals surface area (Å²) in [5.74, 6) is 0.216. The van der Waals surface area contributed by atoms with E-state index in [2.05, 4.69) is 65.3 Å². The Balaban J connectivity index is 1.14. The second-order valence-electron chi connectivity index (χ2n) is 11.4. The van der Waals surface area contributed by atoms with Gasteiger partial charge in [0.15, 0.2) is 0 Å². The number of carbonyl (C=O) groups is 1. The summed E-state index contributed by atoms with van der Waals surface area (Å²) < 4.78 is 1.52. The minimum Gasteiger partial charge on any atom is -0.388 e. The molecule has 6 rings (SSSR count). The molecule has 2 aromatic carbocycles. The molecule has 0 bridgehead atoms. The molecule has 4 heterocycles. The van der Waals surface area contributed by atoms with Crippen LogP contribution in [-0.2, 0) is 17.9 Å². The number of hydrogen-bond acceptors (Lipinski definition) is 6. The predicted molar refractivity (Wildman–Crippen MR) is 158 cm³/mol. The first-order valence-electron chi connectivity index (χ1n) is 14.2. The lowest BCUT2D eigenvalue weighted by Crippen LogP contribution is -2.53. The lowest BCUT2D eigenvalue weighted by atomic mass is 9.79. The number of carbonyl (C=O) groups excluding carboxylic acids is 1. The predicted octanol–water partition coefficient (Wildman–Crippen LogP) is 4.43. The van der Waals surface area contributed by atoms with Gasteiger partial charge in [0.05, 0.1) is 23.9 Å². The third-order valence-electron chi connectivity index (χ3n) is 8.82. The summed E-state index contributed by atoms with van der Waals surface area (Å²) in [6.45, 7) is 5.94. The van der Waals surface area contributed by atoms with Crippen molar-refractivity contribution < 1.29 is 9.90 Å². The molecular formula is C32H36N4O3S. The summed E-state index contributed by atoms with van der Waals surface area (Å²) in [7, 11) is 0. The standard InChI is InChI=1S/C32H36N4O3S/c1-23-7-5-6-10-25(23)19-34-15-11-26(28(20-34)24-8-3-2-4-9-24)30(37)35-16-13-32(39,14-17-35)21-36-22-33-29-27(31(36)38)12-18-40-29/h2-10,12,18,22,26,28,39H,11,13-17,19-21H2,1H3/t26-,28+/m1/s1. The quantitative estimate of drug-likeness (QED) is 0.380. The van der Waals surface area contributed by atoms with E-state index in [1.165, 1.54) is 38.9 Å². The Morgan fingerprint density at radius 2 is 1.80 bits per heavy atom. The second kappa shape index (κ2) is 11.3. The average molecular weight is 557 g/mol. The van der Waals surface area contributed by atoms with Gasteiger partial charge in [0.25, 0.3) is 5.56 Å². The minimum absolute atomic E-state index is 0.0884. The zero-order valence-corrected chi connectivity index (χ0v) is 23.7. The molecule has 1 N–H and O–H groups in total. The zero-order chi connectivity index (χ0) is 27.7. The van der Waals surface area contributed by atoms with Gasteiger partial charge in [-0.1, -0.05) is 54.6 Å². The fraction of sp³-hybridized carbons (Fsp3) is 0.406. The molecule has 2 saturated heterocycles. The molecule has 2 atom stereocenters.